The molecule has 0 aromatic rings. The summed E-state index contributed by atoms with van der Waals surface area (Å²) in [6, 6.07) is 0.781. The van der Waals surface area contributed by atoms with Crippen molar-refractivity contribution in [3.05, 3.63) is 0 Å². The van der Waals surface area contributed by atoms with E-state index in [1.807, 2.05) is 18.7 Å². The van der Waals surface area contributed by atoms with Crippen LogP contribution in [0.1, 0.15) is 53.4 Å². The van der Waals surface area contributed by atoms with Crippen molar-refractivity contribution < 1.29 is 9.59 Å². The Kier molecular flexibility index (Phi) is 4.71. The van der Waals surface area contributed by atoms with Crippen LogP contribution in [0.5, 0.6) is 0 Å². The van der Waals surface area contributed by atoms with Crippen LogP contribution in [-0.2, 0) is 9.59 Å². The third kappa shape index (κ3) is 3.33. The molecule has 0 atom stereocenters. The highest BCUT2D eigenvalue weighted by atomic mass is 16.2. The molecule has 2 aliphatic rings. The molecule has 1 aliphatic heterocycles. The van der Waals surface area contributed by atoms with E-state index in [9.17, 15) is 9.59 Å². The van der Waals surface area contributed by atoms with E-state index >= 15 is 0 Å². The highest BCUT2D eigenvalue weighted by Crippen LogP contribution is 2.32. The number of piperidine rings is 1. The Morgan fingerprint density at radius 1 is 1.00 bits per heavy atom. The molecule has 2 rings (SSSR count). The number of carbonyl (C=O) groups is 2. The van der Waals surface area contributed by atoms with Crippen LogP contribution in [0.15, 0.2) is 0 Å². The number of hydrogen-bond donors (Lipinski definition) is 0. The molecule has 0 aromatic carbocycles. The zero-order valence-corrected chi connectivity index (χ0v) is 13.3. The standard InChI is InChI=1S/C16H28N2O2/c1-11(2)15(19)17-9-7-13(8-10-17)16(20)18(12(3)4)14-5-6-14/h11-14H,5-10H2,1-4H3. The molecule has 0 aromatic heterocycles. The smallest absolute Gasteiger partial charge is 0.226 e. The van der Waals surface area contributed by atoms with E-state index in [-0.39, 0.29) is 17.7 Å². The molecule has 0 unspecified atom stereocenters. The van der Waals surface area contributed by atoms with Gasteiger partial charge in [-0.1, -0.05) is 13.8 Å². The highest BCUT2D eigenvalue weighted by molar-refractivity contribution is 5.81. The molecule has 4 nitrogen and oxygen atoms in total. The van der Waals surface area contributed by atoms with Crippen LogP contribution in [0.2, 0.25) is 0 Å². The molecule has 1 saturated heterocycles. The maximum absolute atomic E-state index is 12.7. The fourth-order valence-corrected chi connectivity index (χ4v) is 3.13. The van der Waals surface area contributed by atoms with Gasteiger partial charge in [-0.15, -0.1) is 0 Å². The molecule has 0 radical (unpaired) electrons. The number of hydrogen-bond acceptors (Lipinski definition) is 2. The first-order valence-electron chi connectivity index (χ1n) is 8.02. The Labute approximate surface area is 122 Å². The molecular weight excluding hydrogens is 252 g/mol. The van der Waals surface area contributed by atoms with Gasteiger partial charge in [0.1, 0.15) is 0 Å². The van der Waals surface area contributed by atoms with Crippen LogP contribution in [0, 0.1) is 11.8 Å². The molecular formula is C16H28N2O2. The van der Waals surface area contributed by atoms with Crippen molar-refractivity contribution >= 4 is 11.8 Å². The van der Waals surface area contributed by atoms with Crippen LogP contribution in [-0.4, -0.2) is 46.8 Å². The monoisotopic (exact) mass is 280 g/mol. The van der Waals surface area contributed by atoms with Gasteiger partial charge < -0.3 is 9.80 Å². The Hall–Kier alpha value is -1.06. The SMILES string of the molecule is CC(C)C(=O)N1CCC(C(=O)N(C(C)C)C2CC2)CC1. The molecule has 1 aliphatic carbocycles. The van der Waals surface area contributed by atoms with E-state index < -0.39 is 0 Å². The van der Waals surface area contributed by atoms with Crippen molar-refractivity contribution in [3.63, 3.8) is 0 Å². The number of rotatable bonds is 4. The topological polar surface area (TPSA) is 40.6 Å². The van der Waals surface area contributed by atoms with Gasteiger partial charge in [-0.3, -0.25) is 9.59 Å². The lowest BCUT2D eigenvalue weighted by molar-refractivity contribution is -0.143. The molecule has 20 heavy (non-hydrogen) atoms. The van der Waals surface area contributed by atoms with E-state index in [2.05, 4.69) is 18.7 Å². The summed E-state index contributed by atoms with van der Waals surface area (Å²) in [4.78, 5) is 28.6. The zero-order valence-electron chi connectivity index (χ0n) is 13.3. The summed E-state index contributed by atoms with van der Waals surface area (Å²) >= 11 is 0. The largest absolute Gasteiger partial charge is 0.342 e. The van der Waals surface area contributed by atoms with E-state index in [4.69, 9.17) is 0 Å². The van der Waals surface area contributed by atoms with E-state index in [1.165, 1.54) is 0 Å². The molecule has 0 N–H and O–H groups in total. The Balaban J connectivity index is 1.89. The molecule has 4 heteroatoms. The summed E-state index contributed by atoms with van der Waals surface area (Å²) < 4.78 is 0. The second-order valence-corrected chi connectivity index (χ2v) is 6.82. The quantitative estimate of drug-likeness (QED) is 0.792. The summed E-state index contributed by atoms with van der Waals surface area (Å²) in [7, 11) is 0. The van der Waals surface area contributed by atoms with Crippen LogP contribution in [0.3, 0.4) is 0 Å². The van der Waals surface area contributed by atoms with Gasteiger partial charge in [0.15, 0.2) is 0 Å². The lowest BCUT2D eigenvalue weighted by Crippen LogP contribution is -2.47. The third-order valence-corrected chi connectivity index (χ3v) is 4.40. The molecule has 2 amide bonds. The van der Waals surface area contributed by atoms with E-state index in [0.717, 1.165) is 38.8 Å². The summed E-state index contributed by atoms with van der Waals surface area (Å²) in [6.45, 7) is 9.57. The number of carbonyl (C=O) groups excluding carboxylic acids is 2. The lowest BCUT2D eigenvalue weighted by Gasteiger charge is -2.36. The fraction of sp³-hybridized carbons (Fsp3) is 0.875. The Bertz CT molecular complexity index is 365. The number of amides is 2. The minimum absolute atomic E-state index is 0.0564. The van der Waals surface area contributed by atoms with Gasteiger partial charge >= 0.3 is 0 Å². The second-order valence-electron chi connectivity index (χ2n) is 6.82. The van der Waals surface area contributed by atoms with Crippen LogP contribution in [0.25, 0.3) is 0 Å². The van der Waals surface area contributed by atoms with Gasteiger partial charge in [0.05, 0.1) is 0 Å². The second kappa shape index (κ2) is 6.15. The fourth-order valence-electron chi connectivity index (χ4n) is 3.13. The van der Waals surface area contributed by atoms with Crippen molar-refractivity contribution in [2.24, 2.45) is 11.8 Å². The molecule has 1 saturated carbocycles. The van der Waals surface area contributed by atoms with Crippen molar-refractivity contribution in [1.82, 2.24) is 9.80 Å². The van der Waals surface area contributed by atoms with Crippen molar-refractivity contribution in [3.8, 4) is 0 Å². The van der Waals surface area contributed by atoms with E-state index in [1.54, 1.807) is 0 Å². The predicted octanol–water partition coefficient (Wildman–Crippen LogP) is 2.28. The van der Waals surface area contributed by atoms with Gasteiger partial charge in [-0.25, -0.2) is 0 Å². The van der Waals surface area contributed by atoms with Crippen molar-refractivity contribution in [1.29, 1.82) is 0 Å². The summed E-state index contributed by atoms with van der Waals surface area (Å²) in [5.74, 6) is 0.716. The summed E-state index contributed by atoms with van der Waals surface area (Å²) in [6.07, 6.45) is 3.98. The Morgan fingerprint density at radius 3 is 1.95 bits per heavy atom. The minimum atomic E-state index is 0.0564. The average molecular weight is 280 g/mol. The van der Waals surface area contributed by atoms with Gasteiger partial charge in [0.2, 0.25) is 11.8 Å². The maximum Gasteiger partial charge on any atom is 0.226 e. The lowest BCUT2D eigenvalue weighted by atomic mass is 9.94. The van der Waals surface area contributed by atoms with E-state index in [0.29, 0.717) is 18.0 Å². The number of likely N-dealkylation sites (tertiary alicyclic amines) is 1. The number of nitrogens with zero attached hydrogens (tertiary/aromatic N) is 2. The van der Waals surface area contributed by atoms with Gasteiger partial charge in [0, 0.05) is 37.0 Å². The first-order chi connectivity index (χ1) is 9.41. The zero-order chi connectivity index (χ0) is 14.9. The van der Waals surface area contributed by atoms with Crippen molar-refractivity contribution in [2.75, 3.05) is 13.1 Å². The molecule has 1 heterocycles. The summed E-state index contributed by atoms with van der Waals surface area (Å²) in [5.41, 5.74) is 0. The molecule has 2 fully saturated rings. The van der Waals surface area contributed by atoms with Crippen LogP contribution < -0.4 is 0 Å². The third-order valence-electron chi connectivity index (χ3n) is 4.40. The average Bonchev–Trinajstić information content (AvgIpc) is 3.22. The molecule has 0 spiro atoms. The normalized spacial score (nSPS) is 20.6. The van der Waals surface area contributed by atoms with Gasteiger partial charge in [0.25, 0.3) is 0 Å². The van der Waals surface area contributed by atoms with Crippen molar-refractivity contribution in [2.45, 2.75) is 65.5 Å². The van der Waals surface area contributed by atoms with Crippen LogP contribution in [0.4, 0.5) is 0 Å². The Morgan fingerprint density at radius 2 is 1.55 bits per heavy atom. The van der Waals surface area contributed by atoms with Gasteiger partial charge in [-0.05, 0) is 39.5 Å². The molecule has 0 bridgehead atoms. The minimum Gasteiger partial charge on any atom is -0.342 e. The van der Waals surface area contributed by atoms with Crippen LogP contribution >= 0.6 is 0 Å². The highest BCUT2D eigenvalue weighted by Gasteiger charge is 2.38. The summed E-state index contributed by atoms with van der Waals surface area (Å²) in [5, 5.41) is 0. The molecule has 114 valence electrons. The van der Waals surface area contributed by atoms with Gasteiger partial charge in [-0.2, -0.15) is 0 Å². The first-order valence-corrected chi connectivity index (χ1v) is 8.02. The maximum atomic E-state index is 12.7. The first kappa shape index (κ1) is 15.3. The predicted molar refractivity (Wildman–Crippen MR) is 79.1 cm³/mol.